The number of carbonyl (C=O) groups is 1. The number of likely N-dealkylation sites (N-methyl/N-ethyl adjacent to an activating group) is 1. The summed E-state index contributed by atoms with van der Waals surface area (Å²) in [5.41, 5.74) is 3.23. The lowest BCUT2D eigenvalue weighted by Crippen LogP contribution is -2.41. The van der Waals surface area contributed by atoms with E-state index in [2.05, 4.69) is 21.8 Å². The lowest BCUT2D eigenvalue weighted by molar-refractivity contribution is -0.134. The van der Waals surface area contributed by atoms with Gasteiger partial charge in [-0.3, -0.25) is 4.79 Å². The van der Waals surface area contributed by atoms with E-state index in [9.17, 15) is 4.79 Å². The van der Waals surface area contributed by atoms with E-state index >= 15 is 0 Å². The van der Waals surface area contributed by atoms with Gasteiger partial charge in [-0.25, -0.2) is 15.0 Å². The molecule has 0 saturated carbocycles. The number of aromatic nitrogens is 3. The number of carbonyl (C=O) groups excluding carboxylic acids is 1. The van der Waals surface area contributed by atoms with Gasteiger partial charge in [-0.15, -0.1) is 11.3 Å². The van der Waals surface area contributed by atoms with Crippen LogP contribution in [0.3, 0.4) is 0 Å². The van der Waals surface area contributed by atoms with Crippen LogP contribution >= 0.6 is 11.3 Å². The first-order valence-electron chi connectivity index (χ1n) is 10.4. The molecule has 0 radical (unpaired) electrons. The third-order valence-electron chi connectivity index (χ3n) is 5.79. The Balaban J connectivity index is 1.64. The van der Waals surface area contributed by atoms with Crippen molar-refractivity contribution in [2.45, 2.75) is 51.6 Å². The van der Waals surface area contributed by atoms with Gasteiger partial charge in [0.15, 0.2) is 5.82 Å². The molecule has 0 spiro atoms. The molecule has 4 rings (SSSR count). The van der Waals surface area contributed by atoms with Crippen molar-refractivity contribution in [3.05, 3.63) is 33.2 Å². The van der Waals surface area contributed by atoms with E-state index in [1.54, 1.807) is 11.3 Å². The molecule has 1 unspecified atom stereocenters. The van der Waals surface area contributed by atoms with Crippen molar-refractivity contribution < 1.29 is 4.79 Å². The predicted molar refractivity (Wildman–Crippen MR) is 115 cm³/mol. The number of nitrogens with zero attached hydrogens (tertiary/aromatic N) is 6. The van der Waals surface area contributed by atoms with Gasteiger partial charge in [0.25, 0.3) is 0 Å². The van der Waals surface area contributed by atoms with Crippen molar-refractivity contribution in [3.8, 4) is 0 Å². The first kappa shape index (κ1) is 20.2. The summed E-state index contributed by atoms with van der Waals surface area (Å²) in [4.78, 5) is 33.9. The summed E-state index contributed by atoms with van der Waals surface area (Å²) in [6.45, 7) is 4.63. The Morgan fingerprint density at radius 2 is 2.07 bits per heavy atom. The minimum Gasteiger partial charge on any atom is -0.362 e. The lowest BCUT2D eigenvalue weighted by atomic mass is 9.99. The molecular formula is C21H30N6OS. The van der Waals surface area contributed by atoms with Crippen molar-refractivity contribution in [3.63, 3.8) is 0 Å². The molecule has 1 saturated heterocycles. The summed E-state index contributed by atoms with van der Waals surface area (Å²) in [7, 11) is 6.21. The second-order valence-corrected chi connectivity index (χ2v) is 9.41. The van der Waals surface area contributed by atoms with Gasteiger partial charge in [-0.05, 0) is 33.2 Å². The van der Waals surface area contributed by atoms with Crippen molar-refractivity contribution in [2.24, 2.45) is 0 Å². The largest absolute Gasteiger partial charge is 0.362 e. The highest BCUT2D eigenvalue weighted by atomic mass is 32.1. The molecular weight excluding hydrogens is 384 g/mol. The molecule has 4 heterocycles. The van der Waals surface area contributed by atoms with Crippen LogP contribution in [0, 0.1) is 6.92 Å². The van der Waals surface area contributed by atoms with Crippen LogP contribution in [0.4, 0.5) is 5.82 Å². The summed E-state index contributed by atoms with van der Waals surface area (Å²) in [5.74, 6) is 1.93. The quantitative estimate of drug-likeness (QED) is 0.766. The number of hydrogen-bond donors (Lipinski definition) is 0. The van der Waals surface area contributed by atoms with E-state index in [1.165, 1.54) is 5.56 Å². The maximum absolute atomic E-state index is 13.1. The van der Waals surface area contributed by atoms with Crippen molar-refractivity contribution in [2.75, 3.05) is 39.1 Å². The Labute approximate surface area is 176 Å². The molecule has 0 aliphatic carbocycles. The van der Waals surface area contributed by atoms with E-state index < -0.39 is 0 Å². The molecule has 1 atom stereocenters. The number of likely N-dealkylation sites (tertiary alicyclic amines) is 1. The Bertz CT molecular complexity index is 895. The number of thiazole rings is 1. The van der Waals surface area contributed by atoms with Gasteiger partial charge in [0, 0.05) is 51.1 Å². The molecule has 0 aromatic carbocycles. The molecule has 1 fully saturated rings. The van der Waals surface area contributed by atoms with Crippen molar-refractivity contribution in [1.82, 2.24) is 24.8 Å². The van der Waals surface area contributed by atoms with Gasteiger partial charge in [-0.2, -0.15) is 0 Å². The average molecular weight is 415 g/mol. The van der Waals surface area contributed by atoms with Gasteiger partial charge < -0.3 is 14.7 Å². The molecule has 0 N–H and O–H groups in total. The molecule has 1 amide bonds. The summed E-state index contributed by atoms with van der Waals surface area (Å²) >= 11 is 1.59. The third kappa shape index (κ3) is 4.28. The molecule has 2 aromatic heterocycles. The van der Waals surface area contributed by atoms with E-state index in [0.29, 0.717) is 6.42 Å². The lowest BCUT2D eigenvalue weighted by Gasteiger charge is -2.36. The first-order valence-corrected chi connectivity index (χ1v) is 11.3. The maximum atomic E-state index is 13.1. The summed E-state index contributed by atoms with van der Waals surface area (Å²) in [6.07, 6.45) is 4.35. The molecule has 2 aromatic rings. The summed E-state index contributed by atoms with van der Waals surface area (Å²) in [5, 5.41) is 2.99. The second-order valence-electron chi connectivity index (χ2n) is 8.35. The molecule has 29 heavy (non-hydrogen) atoms. The van der Waals surface area contributed by atoms with E-state index in [-0.39, 0.29) is 11.9 Å². The van der Waals surface area contributed by atoms with E-state index in [1.807, 2.05) is 31.3 Å². The zero-order valence-electron chi connectivity index (χ0n) is 17.8. The maximum Gasteiger partial charge on any atom is 0.229 e. The zero-order chi connectivity index (χ0) is 20.5. The highest BCUT2D eigenvalue weighted by Gasteiger charge is 2.32. The van der Waals surface area contributed by atoms with Gasteiger partial charge in [0.05, 0.1) is 28.9 Å². The average Bonchev–Trinajstić information content (AvgIpc) is 3.11. The molecule has 2 aliphatic rings. The van der Waals surface area contributed by atoms with Crippen molar-refractivity contribution in [1.29, 1.82) is 0 Å². The summed E-state index contributed by atoms with van der Waals surface area (Å²) < 4.78 is 0. The van der Waals surface area contributed by atoms with Gasteiger partial charge in [-0.1, -0.05) is 0 Å². The number of rotatable bonds is 4. The predicted octanol–water partition coefficient (Wildman–Crippen LogP) is 2.59. The van der Waals surface area contributed by atoms with Crippen LogP contribution in [0.15, 0.2) is 5.38 Å². The number of piperidine rings is 1. The Hall–Kier alpha value is -2.06. The molecule has 7 nitrogen and oxygen atoms in total. The van der Waals surface area contributed by atoms with E-state index in [4.69, 9.17) is 9.97 Å². The fourth-order valence-corrected chi connectivity index (χ4v) is 4.93. The van der Waals surface area contributed by atoms with Crippen LogP contribution in [0.5, 0.6) is 0 Å². The third-order valence-corrected chi connectivity index (χ3v) is 6.61. The minimum absolute atomic E-state index is 0.0420. The summed E-state index contributed by atoms with van der Waals surface area (Å²) in [6, 6.07) is -0.0420. The van der Waals surface area contributed by atoms with Crippen LogP contribution in [-0.4, -0.2) is 64.9 Å². The Morgan fingerprint density at radius 1 is 1.24 bits per heavy atom. The standard InChI is InChI=1S/C21H30N6OS/c1-14-22-15(13-29-14)11-19(28)27-9-6-5-7-18(27)20-23-17-8-10-26(4)12-16(17)21(24-20)25(2)3/h13,18H,5-12H2,1-4H3. The molecule has 2 aliphatic heterocycles. The number of aryl methyl sites for hydroxylation is 1. The van der Waals surface area contributed by atoms with Crippen LogP contribution in [0.1, 0.15) is 53.1 Å². The van der Waals surface area contributed by atoms with Crippen molar-refractivity contribution >= 4 is 23.1 Å². The number of hydrogen-bond acceptors (Lipinski definition) is 7. The Kier molecular flexibility index (Phi) is 5.83. The fourth-order valence-electron chi connectivity index (χ4n) is 4.31. The van der Waals surface area contributed by atoms with E-state index in [0.717, 1.165) is 73.4 Å². The topological polar surface area (TPSA) is 65.5 Å². The minimum atomic E-state index is -0.0420. The number of anilines is 1. The van der Waals surface area contributed by atoms with Crippen LogP contribution in [-0.2, 0) is 24.2 Å². The Morgan fingerprint density at radius 3 is 2.79 bits per heavy atom. The number of fused-ring (bicyclic) bond motifs is 1. The first-order chi connectivity index (χ1) is 13.9. The SMILES string of the molecule is Cc1nc(CC(=O)N2CCCCC2c2nc3c(c(N(C)C)n2)CN(C)CC3)cs1. The fraction of sp³-hybridized carbons (Fsp3) is 0.619. The highest BCUT2D eigenvalue weighted by molar-refractivity contribution is 7.09. The smallest absolute Gasteiger partial charge is 0.229 e. The second kappa shape index (κ2) is 8.36. The van der Waals surface area contributed by atoms with Crippen LogP contribution in [0.25, 0.3) is 0 Å². The molecule has 0 bridgehead atoms. The van der Waals surface area contributed by atoms with Crippen LogP contribution < -0.4 is 4.90 Å². The zero-order valence-corrected chi connectivity index (χ0v) is 18.6. The monoisotopic (exact) mass is 414 g/mol. The molecule has 156 valence electrons. The highest BCUT2D eigenvalue weighted by Crippen LogP contribution is 2.33. The van der Waals surface area contributed by atoms with Gasteiger partial charge >= 0.3 is 0 Å². The van der Waals surface area contributed by atoms with Gasteiger partial charge in [0.2, 0.25) is 5.91 Å². The number of amides is 1. The van der Waals surface area contributed by atoms with Crippen LogP contribution in [0.2, 0.25) is 0 Å². The normalized spacial score (nSPS) is 19.9. The molecule has 8 heteroatoms. The van der Waals surface area contributed by atoms with Gasteiger partial charge in [0.1, 0.15) is 5.82 Å².